The molecule has 0 amide bonds. The Hall–Kier alpha value is -2.36. The number of aryl methyl sites for hydroxylation is 2. The smallest absolute Gasteiger partial charge is 0.201 e. The second-order valence-corrected chi connectivity index (χ2v) is 4.77. The lowest BCUT2D eigenvalue weighted by Gasteiger charge is -2.08. The minimum Gasteiger partial charge on any atom is -0.369 e. The summed E-state index contributed by atoms with van der Waals surface area (Å²) >= 11 is 0. The molecule has 4 heteroatoms. The Bertz CT molecular complexity index is 743. The molecule has 2 aromatic heterocycles. The molecule has 19 heavy (non-hydrogen) atoms. The molecule has 3 aromatic rings. The Kier molecular flexibility index (Phi) is 2.71. The monoisotopic (exact) mass is 252 g/mol. The summed E-state index contributed by atoms with van der Waals surface area (Å²) in [5, 5.41) is 0. The summed E-state index contributed by atoms with van der Waals surface area (Å²) in [6.45, 7) is 4.71. The van der Waals surface area contributed by atoms with Crippen molar-refractivity contribution < 1.29 is 0 Å². The van der Waals surface area contributed by atoms with E-state index in [1.54, 1.807) is 0 Å². The first-order valence-corrected chi connectivity index (χ1v) is 6.29. The van der Waals surface area contributed by atoms with E-state index < -0.39 is 0 Å². The maximum Gasteiger partial charge on any atom is 0.201 e. The maximum atomic E-state index is 6.03. The lowest BCUT2D eigenvalue weighted by molar-refractivity contribution is 0.803. The number of hydrogen-bond acceptors (Lipinski definition) is 3. The number of anilines is 1. The molecule has 0 radical (unpaired) electrons. The normalized spacial score (nSPS) is 11.1. The lowest BCUT2D eigenvalue weighted by atomic mass is 10.2. The van der Waals surface area contributed by atoms with Crippen molar-refractivity contribution >= 4 is 17.0 Å². The van der Waals surface area contributed by atoms with E-state index in [4.69, 9.17) is 5.73 Å². The minimum atomic E-state index is 0.535. The van der Waals surface area contributed by atoms with Gasteiger partial charge in [0.15, 0.2) is 0 Å². The predicted molar refractivity (Wildman–Crippen MR) is 77.0 cm³/mol. The third kappa shape index (κ3) is 2.05. The molecule has 1 aromatic carbocycles. The molecule has 0 aliphatic carbocycles. The molecule has 0 spiro atoms. The summed E-state index contributed by atoms with van der Waals surface area (Å²) in [5.74, 6) is 0.535. The first-order valence-electron chi connectivity index (χ1n) is 6.29. The molecule has 0 fully saturated rings. The van der Waals surface area contributed by atoms with Crippen LogP contribution in [-0.4, -0.2) is 14.5 Å². The minimum absolute atomic E-state index is 0.535. The van der Waals surface area contributed by atoms with Gasteiger partial charge in [-0.2, -0.15) is 0 Å². The van der Waals surface area contributed by atoms with Crippen molar-refractivity contribution in [2.75, 3.05) is 5.73 Å². The molecular weight excluding hydrogens is 236 g/mol. The number of nitrogens with two attached hydrogens (primary N) is 1. The summed E-state index contributed by atoms with van der Waals surface area (Å²) in [5.41, 5.74) is 11.2. The third-order valence-corrected chi connectivity index (χ3v) is 3.26. The van der Waals surface area contributed by atoms with Gasteiger partial charge in [-0.3, -0.25) is 4.98 Å². The van der Waals surface area contributed by atoms with Gasteiger partial charge in [0.05, 0.1) is 23.3 Å². The highest BCUT2D eigenvalue weighted by Gasteiger charge is 2.10. The van der Waals surface area contributed by atoms with Gasteiger partial charge < -0.3 is 10.3 Å². The van der Waals surface area contributed by atoms with Crippen molar-refractivity contribution in [1.29, 1.82) is 0 Å². The number of nitrogen functional groups attached to an aromatic ring is 1. The van der Waals surface area contributed by atoms with Crippen LogP contribution in [0.3, 0.4) is 0 Å². The van der Waals surface area contributed by atoms with Crippen LogP contribution in [0.1, 0.15) is 17.0 Å². The van der Waals surface area contributed by atoms with E-state index in [-0.39, 0.29) is 0 Å². The van der Waals surface area contributed by atoms with Crippen molar-refractivity contribution in [1.82, 2.24) is 14.5 Å². The maximum absolute atomic E-state index is 6.03. The third-order valence-electron chi connectivity index (χ3n) is 3.26. The first kappa shape index (κ1) is 11.7. The predicted octanol–water partition coefficient (Wildman–Crippen LogP) is 2.68. The van der Waals surface area contributed by atoms with Crippen LogP contribution in [-0.2, 0) is 6.54 Å². The SMILES string of the molecule is Cc1cccc(Cn2c(N)nc3cccc(C)c32)n1. The molecule has 3 rings (SSSR count). The standard InChI is InChI=1S/C15H16N4/c1-10-5-3-8-13-14(10)19(15(16)18-13)9-12-7-4-6-11(2)17-12/h3-8H,9H2,1-2H3,(H2,16,18). The second-order valence-electron chi connectivity index (χ2n) is 4.77. The van der Waals surface area contributed by atoms with Gasteiger partial charge in [-0.25, -0.2) is 4.98 Å². The summed E-state index contributed by atoms with van der Waals surface area (Å²) in [6.07, 6.45) is 0. The number of nitrogens with zero attached hydrogens (tertiary/aromatic N) is 3. The summed E-state index contributed by atoms with van der Waals surface area (Å²) < 4.78 is 2.02. The quantitative estimate of drug-likeness (QED) is 0.763. The van der Waals surface area contributed by atoms with Gasteiger partial charge >= 0.3 is 0 Å². The lowest BCUT2D eigenvalue weighted by Crippen LogP contribution is -2.06. The fourth-order valence-corrected chi connectivity index (χ4v) is 2.39. The van der Waals surface area contributed by atoms with Crippen LogP contribution in [0.25, 0.3) is 11.0 Å². The van der Waals surface area contributed by atoms with Gasteiger partial charge in [0.25, 0.3) is 0 Å². The van der Waals surface area contributed by atoms with Gasteiger partial charge in [0.2, 0.25) is 5.95 Å². The molecule has 0 bridgehead atoms. The Morgan fingerprint density at radius 1 is 1.05 bits per heavy atom. The van der Waals surface area contributed by atoms with Crippen LogP contribution in [0, 0.1) is 13.8 Å². The van der Waals surface area contributed by atoms with Gasteiger partial charge in [0.1, 0.15) is 0 Å². The van der Waals surface area contributed by atoms with Crippen LogP contribution >= 0.6 is 0 Å². The van der Waals surface area contributed by atoms with E-state index in [9.17, 15) is 0 Å². The van der Waals surface area contributed by atoms with Crippen LogP contribution in [0.5, 0.6) is 0 Å². The van der Waals surface area contributed by atoms with Gasteiger partial charge in [-0.05, 0) is 37.6 Å². The number of aromatic nitrogens is 3. The summed E-state index contributed by atoms with van der Waals surface area (Å²) in [4.78, 5) is 8.93. The molecule has 0 saturated carbocycles. The number of rotatable bonds is 2. The largest absolute Gasteiger partial charge is 0.369 e. The molecule has 0 unspecified atom stereocenters. The van der Waals surface area contributed by atoms with E-state index in [1.807, 2.05) is 41.8 Å². The van der Waals surface area contributed by atoms with Crippen molar-refractivity contribution in [3.8, 4) is 0 Å². The fraction of sp³-hybridized carbons (Fsp3) is 0.200. The van der Waals surface area contributed by atoms with Crippen LogP contribution in [0.2, 0.25) is 0 Å². The zero-order chi connectivity index (χ0) is 13.4. The molecule has 0 atom stereocenters. The number of imidazole rings is 1. The highest BCUT2D eigenvalue weighted by molar-refractivity contribution is 5.81. The number of para-hydroxylation sites is 1. The van der Waals surface area contributed by atoms with E-state index in [2.05, 4.69) is 23.0 Å². The van der Waals surface area contributed by atoms with Gasteiger partial charge in [-0.15, -0.1) is 0 Å². The number of hydrogen-bond donors (Lipinski definition) is 1. The highest BCUT2D eigenvalue weighted by Crippen LogP contribution is 2.22. The average molecular weight is 252 g/mol. The number of pyridine rings is 1. The molecule has 0 saturated heterocycles. The fourth-order valence-electron chi connectivity index (χ4n) is 2.39. The van der Waals surface area contributed by atoms with Gasteiger partial charge in [-0.1, -0.05) is 18.2 Å². The van der Waals surface area contributed by atoms with Crippen molar-refractivity contribution in [2.24, 2.45) is 0 Å². The van der Waals surface area contributed by atoms with Crippen LogP contribution in [0.15, 0.2) is 36.4 Å². The number of benzene rings is 1. The Balaban J connectivity index is 2.12. The molecule has 2 N–H and O–H groups in total. The van der Waals surface area contributed by atoms with E-state index in [1.165, 1.54) is 5.56 Å². The zero-order valence-electron chi connectivity index (χ0n) is 11.1. The molecular formula is C15H16N4. The first-order chi connectivity index (χ1) is 9.15. The van der Waals surface area contributed by atoms with Crippen molar-refractivity contribution in [2.45, 2.75) is 20.4 Å². The molecule has 2 heterocycles. The van der Waals surface area contributed by atoms with E-state index in [0.717, 1.165) is 22.4 Å². The van der Waals surface area contributed by atoms with Gasteiger partial charge in [0, 0.05) is 5.69 Å². The van der Waals surface area contributed by atoms with Crippen molar-refractivity contribution in [3.63, 3.8) is 0 Å². The zero-order valence-corrected chi connectivity index (χ0v) is 11.1. The van der Waals surface area contributed by atoms with Crippen LogP contribution < -0.4 is 5.73 Å². The van der Waals surface area contributed by atoms with E-state index in [0.29, 0.717) is 12.5 Å². The highest BCUT2D eigenvalue weighted by atomic mass is 15.2. The molecule has 96 valence electrons. The van der Waals surface area contributed by atoms with Crippen molar-refractivity contribution in [3.05, 3.63) is 53.3 Å². The summed E-state index contributed by atoms with van der Waals surface area (Å²) in [7, 11) is 0. The summed E-state index contributed by atoms with van der Waals surface area (Å²) in [6, 6.07) is 12.1. The number of fused-ring (bicyclic) bond motifs is 1. The molecule has 0 aliphatic rings. The second kappa shape index (κ2) is 4.39. The average Bonchev–Trinajstić information content (AvgIpc) is 2.67. The Labute approximate surface area is 111 Å². The topological polar surface area (TPSA) is 56.7 Å². The van der Waals surface area contributed by atoms with Crippen LogP contribution in [0.4, 0.5) is 5.95 Å². The molecule has 0 aliphatic heterocycles. The Morgan fingerprint density at radius 2 is 1.84 bits per heavy atom. The Morgan fingerprint density at radius 3 is 2.63 bits per heavy atom. The molecule has 4 nitrogen and oxygen atoms in total. The van der Waals surface area contributed by atoms with E-state index >= 15 is 0 Å².